The molecule has 0 unspecified atom stereocenters. The van der Waals surface area contributed by atoms with Crippen molar-refractivity contribution in [1.82, 2.24) is 4.67 Å². The van der Waals surface area contributed by atoms with Crippen LogP contribution in [-0.2, 0) is 29.7 Å². The number of nitriles is 1. The summed E-state index contributed by atoms with van der Waals surface area (Å²) in [5.41, 5.74) is 0.719. The highest BCUT2D eigenvalue weighted by Crippen LogP contribution is 2.55. The Labute approximate surface area is 191 Å². The zero-order valence-corrected chi connectivity index (χ0v) is 20.4. The molecule has 0 aliphatic carbocycles. The molecule has 0 saturated heterocycles. The fraction of sp³-hybridized carbons (Fsp3) is 0.545. The van der Waals surface area contributed by atoms with E-state index in [0.29, 0.717) is 12.8 Å². The average Bonchev–Trinajstić information content (AvgIpc) is 2.77. The molecule has 0 heterocycles. The first-order valence-electron chi connectivity index (χ1n) is 10.6. The number of esters is 1. The molecule has 7 nitrogen and oxygen atoms in total. The molecule has 0 spiro atoms. The van der Waals surface area contributed by atoms with Crippen molar-refractivity contribution >= 4 is 26.3 Å². The van der Waals surface area contributed by atoms with E-state index in [-0.39, 0.29) is 43.4 Å². The van der Waals surface area contributed by atoms with Crippen LogP contribution in [0.4, 0.5) is 0 Å². The Morgan fingerprint density at radius 3 is 2.13 bits per heavy atom. The van der Waals surface area contributed by atoms with Gasteiger partial charge in [-0.2, -0.15) is 17.9 Å². The molecule has 9 heteroatoms. The van der Waals surface area contributed by atoms with Crippen LogP contribution in [0.1, 0.15) is 52.0 Å². The summed E-state index contributed by atoms with van der Waals surface area (Å²) in [5.74, 6) is -0.812. The fourth-order valence-corrected chi connectivity index (χ4v) is 4.95. The summed E-state index contributed by atoms with van der Waals surface area (Å²) in [6.07, 6.45) is 3.11. The minimum Gasteiger partial charge on any atom is -0.462 e. The molecule has 0 bridgehead atoms. The number of carbonyl (C=O) groups excluding carboxylic acids is 1. The van der Waals surface area contributed by atoms with Gasteiger partial charge in [-0.15, -0.1) is 0 Å². The monoisotopic (exact) mass is 468 g/mol. The maximum Gasteiger partial charge on any atom is 0.435 e. The van der Waals surface area contributed by atoms with Gasteiger partial charge in [0.15, 0.2) is 5.57 Å². The largest absolute Gasteiger partial charge is 0.462 e. The second-order valence-corrected chi connectivity index (χ2v) is 8.95. The first-order valence-corrected chi connectivity index (χ1v) is 12.7. The molecule has 0 aliphatic rings. The quantitative estimate of drug-likeness (QED) is 0.0908. The number of carbonyl (C=O) groups is 1. The SMILES string of the molecule is CCCCOP(=O)(OCCCC)N(Cc1ccccc1)/C(CS)=C(\C#N)C(=O)OCC. The van der Waals surface area contributed by atoms with E-state index in [4.69, 9.17) is 13.8 Å². The van der Waals surface area contributed by atoms with Crippen LogP contribution in [0.3, 0.4) is 0 Å². The van der Waals surface area contributed by atoms with Crippen molar-refractivity contribution in [2.24, 2.45) is 0 Å². The Morgan fingerprint density at radius 1 is 1.10 bits per heavy atom. The molecule has 1 aromatic rings. The van der Waals surface area contributed by atoms with Crippen LogP contribution in [0.2, 0.25) is 0 Å². The van der Waals surface area contributed by atoms with Crippen LogP contribution < -0.4 is 0 Å². The van der Waals surface area contributed by atoms with E-state index < -0.39 is 13.7 Å². The highest BCUT2D eigenvalue weighted by atomic mass is 32.1. The Kier molecular flexibility index (Phi) is 13.3. The maximum atomic E-state index is 14.0. The Hall–Kier alpha value is -1.78. The zero-order valence-electron chi connectivity index (χ0n) is 18.6. The standard InChI is InChI=1S/C22H33N2O5PS/c1-4-7-14-28-30(26,29-15-8-5-2)24(17-19-12-10-9-11-13-19)21(18-31)20(16-23)22(25)27-6-3/h9-13,31H,4-8,14-15,17-18H2,1-3H3/b21-20+. The summed E-state index contributed by atoms with van der Waals surface area (Å²) in [6, 6.07) is 11.2. The third-order valence-corrected chi connectivity index (χ3v) is 6.61. The van der Waals surface area contributed by atoms with Crippen molar-refractivity contribution < 1.29 is 23.1 Å². The summed E-state index contributed by atoms with van der Waals surface area (Å²) in [7, 11) is -3.89. The number of unbranched alkanes of at least 4 members (excludes halogenated alkanes) is 2. The number of ether oxygens (including phenoxy) is 1. The molecular weight excluding hydrogens is 435 g/mol. The summed E-state index contributed by atoms with van der Waals surface area (Å²) in [6.45, 7) is 6.35. The molecule has 1 rings (SSSR count). The lowest BCUT2D eigenvalue weighted by Crippen LogP contribution is -2.27. The lowest BCUT2D eigenvalue weighted by Gasteiger charge is -2.33. The Morgan fingerprint density at radius 2 is 1.68 bits per heavy atom. The second kappa shape index (κ2) is 15.1. The minimum atomic E-state index is -3.89. The molecule has 1 aromatic carbocycles. The summed E-state index contributed by atoms with van der Waals surface area (Å²) >= 11 is 4.34. The van der Waals surface area contributed by atoms with Crippen molar-refractivity contribution in [1.29, 1.82) is 5.26 Å². The van der Waals surface area contributed by atoms with Gasteiger partial charge >= 0.3 is 13.7 Å². The maximum absolute atomic E-state index is 14.0. The number of thiol groups is 1. The predicted molar refractivity (Wildman–Crippen MR) is 124 cm³/mol. The molecule has 0 aliphatic heterocycles. The van der Waals surface area contributed by atoms with Gasteiger partial charge in [0.25, 0.3) is 0 Å². The molecular formula is C22H33N2O5PS. The Bertz CT molecular complexity index is 781. The third-order valence-electron chi connectivity index (χ3n) is 4.32. The first kappa shape index (κ1) is 27.3. The molecule has 0 radical (unpaired) electrons. The lowest BCUT2D eigenvalue weighted by molar-refractivity contribution is -0.138. The number of hydrogen-bond acceptors (Lipinski definition) is 7. The predicted octanol–water partition coefficient (Wildman–Crippen LogP) is 5.50. The molecule has 31 heavy (non-hydrogen) atoms. The van der Waals surface area contributed by atoms with E-state index >= 15 is 0 Å². The Balaban J connectivity index is 3.53. The van der Waals surface area contributed by atoms with Gasteiger partial charge in [0.1, 0.15) is 6.07 Å². The summed E-state index contributed by atoms with van der Waals surface area (Å²) in [5, 5.41) is 9.69. The normalized spacial score (nSPS) is 12.1. The smallest absolute Gasteiger partial charge is 0.435 e. The van der Waals surface area contributed by atoms with E-state index in [1.165, 1.54) is 4.67 Å². The van der Waals surface area contributed by atoms with E-state index in [1.807, 2.05) is 50.2 Å². The molecule has 0 saturated carbocycles. The van der Waals surface area contributed by atoms with Gasteiger partial charge in [-0.3, -0.25) is 13.7 Å². The van der Waals surface area contributed by atoms with Crippen LogP contribution in [-0.4, -0.2) is 36.2 Å². The van der Waals surface area contributed by atoms with E-state index in [1.54, 1.807) is 6.92 Å². The lowest BCUT2D eigenvalue weighted by atomic mass is 10.2. The van der Waals surface area contributed by atoms with Crippen LogP contribution in [0.15, 0.2) is 41.6 Å². The van der Waals surface area contributed by atoms with Gasteiger partial charge in [-0.25, -0.2) is 9.36 Å². The zero-order chi connectivity index (χ0) is 23.1. The highest BCUT2D eigenvalue weighted by Gasteiger charge is 2.37. The highest BCUT2D eigenvalue weighted by molar-refractivity contribution is 7.80. The molecule has 0 atom stereocenters. The number of benzene rings is 1. The van der Waals surface area contributed by atoms with Gasteiger partial charge in [0.05, 0.1) is 32.1 Å². The van der Waals surface area contributed by atoms with Crippen LogP contribution in [0.25, 0.3) is 0 Å². The van der Waals surface area contributed by atoms with Crippen molar-refractivity contribution in [3.8, 4) is 6.07 Å². The topological polar surface area (TPSA) is 88.9 Å². The molecule has 0 aromatic heterocycles. The molecule has 172 valence electrons. The molecule has 0 fully saturated rings. The van der Waals surface area contributed by atoms with Crippen molar-refractivity contribution in [2.45, 2.75) is 53.0 Å². The number of rotatable bonds is 15. The van der Waals surface area contributed by atoms with Gasteiger partial charge < -0.3 is 4.74 Å². The fourth-order valence-electron chi connectivity index (χ4n) is 2.63. The summed E-state index contributed by atoms with van der Waals surface area (Å²) in [4.78, 5) is 12.4. The third kappa shape index (κ3) is 8.70. The van der Waals surface area contributed by atoms with E-state index in [9.17, 15) is 14.6 Å². The number of hydrogen-bond donors (Lipinski definition) is 1. The van der Waals surface area contributed by atoms with Crippen LogP contribution in [0, 0.1) is 11.3 Å². The second-order valence-electron chi connectivity index (χ2n) is 6.70. The van der Waals surface area contributed by atoms with E-state index in [0.717, 1.165) is 18.4 Å². The van der Waals surface area contributed by atoms with Crippen molar-refractivity contribution in [3.63, 3.8) is 0 Å². The van der Waals surface area contributed by atoms with E-state index in [2.05, 4.69) is 12.6 Å². The van der Waals surface area contributed by atoms with Gasteiger partial charge in [0, 0.05) is 5.75 Å². The number of nitrogens with zero attached hydrogens (tertiary/aromatic N) is 2. The first-order chi connectivity index (χ1) is 15.0. The van der Waals surface area contributed by atoms with Crippen LogP contribution >= 0.6 is 20.4 Å². The van der Waals surface area contributed by atoms with Crippen LogP contribution in [0.5, 0.6) is 0 Å². The van der Waals surface area contributed by atoms with Gasteiger partial charge in [-0.1, -0.05) is 57.0 Å². The van der Waals surface area contributed by atoms with Gasteiger partial charge in [0.2, 0.25) is 0 Å². The summed E-state index contributed by atoms with van der Waals surface area (Å²) < 4.78 is 32.0. The molecule has 0 amide bonds. The minimum absolute atomic E-state index is 0.0210. The van der Waals surface area contributed by atoms with Crippen molar-refractivity contribution in [3.05, 3.63) is 47.2 Å². The molecule has 0 N–H and O–H groups in total. The van der Waals surface area contributed by atoms with Gasteiger partial charge in [-0.05, 0) is 25.3 Å². The average molecular weight is 469 g/mol. The van der Waals surface area contributed by atoms with Crippen molar-refractivity contribution in [2.75, 3.05) is 25.6 Å².